The van der Waals surface area contributed by atoms with E-state index in [1.165, 1.54) is 11.8 Å². The van der Waals surface area contributed by atoms with Gasteiger partial charge in [-0.05, 0) is 42.8 Å². The number of nitrogens with zero attached hydrogens (tertiary/aromatic N) is 1. The Balaban J connectivity index is 2.22. The van der Waals surface area contributed by atoms with Crippen LogP contribution >= 0.6 is 34.8 Å². The van der Waals surface area contributed by atoms with Crippen LogP contribution in [-0.2, 0) is 9.59 Å². The maximum atomic E-state index is 12.3. The number of carbonyl (C=O) groups excluding carboxylic acids is 2. The summed E-state index contributed by atoms with van der Waals surface area (Å²) in [5.41, 5.74) is 1.73. The molecule has 24 heavy (non-hydrogen) atoms. The molecule has 0 unspecified atom stereocenters. The first-order valence-corrected chi connectivity index (χ1v) is 8.21. The SMILES string of the molecule is CC(=O)N(CC(=O)Nc1cccc(Cl)c1C)c1cc(Cl)ccc1Cl. The van der Waals surface area contributed by atoms with Gasteiger partial charge in [0, 0.05) is 22.7 Å². The summed E-state index contributed by atoms with van der Waals surface area (Å²) in [7, 11) is 0. The summed E-state index contributed by atoms with van der Waals surface area (Å²) in [6.07, 6.45) is 0. The molecule has 0 radical (unpaired) electrons. The van der Waals surface area contributed by atoms with E-state index < -0.39 is 0 Å². The molecular weight excluding hydrogens is 371 g/mol. The molecular formula is C17H15Cl3N2O2. The van der Waals surface area contributed by atoms with Gasteiger partial charge in [-0.2, -0.15) is 0 Å². The lowest BCUT2D eigenvalue weighted by atomic mass is 10.2. The average Bonchev–Trinajstić information content (AvgIpc) is 2.52. The second-order valence-electron chi connectivity index (χ2n) is 5.16. The van der Waals surface area contributed by atoms with E-state index in [-0.39, 0.29) is 18.4 Å². The molecule has 126 valence electrons. The molecule has 7 heteroatoms. The average molecular weight is 386 g/mol. The number of hydrogen-bond donors (Lipinski definition) is 1. The summed E-state index contributed by atoms with van der Waals surface area (Å²) in [5, 5.41) is 4.05. The van der Waals surface area contributed by atoms with E-state index in [0.29, 0.717) is 26.4 Å². The molecule has 0 bridgehead atoms. The third-order valence-electron chi connectivity index (χ3n) is 3.42. The Morgan fingerprint density at radius 2 is 1.79 bits per heavy atom. The highest BCUT2D eigenvalue weighted by atomic mass is 35.5. The van der Waals surface area contributed by atoms with Crippen molar-refractivity contribution in [1.29, 1.82) is 0 Å². The molecule has 0 saturated heterocycles. The second-order valence-corrected chi connectivity index (χ2v) is 6.41. The summed E-state index contributed by atoms with van der Waals surface area (Å²) in [6.45, 7) is 2.96. The smallest absolute Gasteiger partial charge is 0.244 e. The van der Waals surface area contributed by atoms with Crippen LogP contribution in [0.1, 0.15) is 12.5 Å². The van der Waals surface area contributed by atoms with Crippen LogP contribution in [-0.4, -0.2) is 18.4 Å². The van der Waals surface area contributed by atoms with Crippen molar-refractivity contribution in [2.24, 2.45) is 0 Å². The first-order valence-electron chi connectivity index (χ1n) is 7.07. The Morgan fingerprint density at radius 1 is 1.08 bits per heavy atom. The zero-order valence-electron chi connectivity index (χ0n) is 13.1. The summed E-state index contributed by atoms with van der Waals surface area (Å²) >= 11 is 18.1. The largest absolute Gasteiger partial charge is 0.324 e. The highest BCUT2D eigenvalue weighted by Crippen LogP contribution is 2.29. The molecule has 2 aromatic rings. The molecule has 0 aliphatic heterocycles. The Hall–Kier alpha value is -1.75. The third kappa shape index (κ3) is 4.41. The van der Waals surface area contributed by atoms with Crippen LogP contribution in [0.5, 0.6) is 0 Å². The lowest BCUT2D eigenvalue weighted by molar-refractivity contribution is -0.120. The van der Waals surface area contributed by atoms with Gasteiger partial charge in [0.1, 0.15) is 6.54 Å². The van der Waals surface area contributed by atoms with E-state index in [1.54, 1.807) is 43.3 Å². The predicted molar refractivity (Wildman–Crippen MR) is 99.3 cm³/mol. The predicted octanol–water partition coefficient (Wildman–Crippen LogP) is 4.95. The zero-order valence-corrected chi connectivity index (χ0v) is 15.3. The van der Waals surface area contributed by atoms with Gasteiger partial charge in [0.15, 0.2) is 0 Å². The monoisotopic (exact) mass is 384 g/mol. The number of halogens is 3. The van der Waals surface area contributed by atoms with Gasteiger partial charge in [0.2, 0.25) is 11.8 Å². The van der Waals surface area contributed by atoms with Crippen molar-refractivity contribution in [3.63, 3.8) is 0 Å². The number of anilines is 2. The standard InChI is InChI=1S/C17H15Cl3N2O2/c1-10-13(19)4-3-5-15(10)21-17(24)9-22(11(2)23)16-8-12(18)6-7-14(16)20/h3-8H,9H2,1-2H3,(H,21,24). The van der Waals surface area contributed by atoms with E-state index in [2.05, 4.69) is 5.32 Å². The van der Waals surface area contributed by atoms with Crippen molar-refractivity contribution in [2.45, 2.75) is 13.8 Å². The first-order chi connectivity index (χ1) is 11.3. The highest BCUT2D eigenvalue weighted by Gasteiger charge is 2.19. The van der Waals surface area contributed by atoms with Gasteiger partial charge in [-0.3, -0.25) is 9.59 Å². The molecule has 0 aliphatic rings. The number of hydrogen-bond acceptors (Lipinski definition) is 2. The molecule has 1 N–H and O–H groups in total. The van der Waals surface area contributed by atoms with Crippen molar-refractivity contribution in [1.82, 2.24) is 0 Å². The van der Waals surface area contributed by atoms with Gasteiger partial charge in [-0.1, -0.05) is 40.9 Å². The Morgan fingerprint density at radius 3 is 2.46 bits per heavy atom. The fourth-order valence-electron chi connectivity index (χ4n) is 2.14. The summed E-state index contributed by atoms with van der Waals surface area (Å²) in [5.74, 6) is -0.691. The molecule has 2 amide bonds. The fourth-order valence-corrected chi connectivity index (χ4v) is 2.70. The lowest BCUT2D eigenvalue weighted by Gasteiger charge is -2.22. The summed E-state index contributed by atoms with van der Waals surface area (Å²) in [6, 6.07) is 9.95. The van der Waals surface area contributed by atoms with E-state index in [9.17, 15) is 9.59 Å². The van der Waals surface area contributed by atoms with Crippen molar-refractivity contribution in [2.75, 3.05) is 16.8 Å². The number of rotatable bonds is 4. The summed E-state index contributed by atoms with van der Waals surface area (Å²) in [4.78, 5) is 25.5. The number of carbonyl (C=O) groups is 2. The quantitative estimate of drug-likeness (QED) is 0.810. The molecule has 0 spiro atoms. The van der Waals surface area contributed by atoms with Gasteiger partial charge < -0.3 is 10.2 Å². The van der Waals surface area contributed by atoms with Crippen LogP contribution < -0.4 is 10.2 Å². The lowest BCUT2D eigenvalue weighted by Crippen LogP contribution is -2.37. The van der Waals surface area contributed by atoms with E-state index in [1.807, 2.05) is 0 Å². The molecule has 0 aliphatic carbocycles. The van der Waals surface area contributed by atoms with Crippen molar-refractivity contribution >= 4 is 58.0 Å². The van der Waals surface area contributed by atoms with Crippen LogP contribution in [0.4, 0.5) is 11.4 Å². The molecule has 4 nitrogen and oxygen atoms in total. The minimum absolute atomic E-state index is 0.193. The van der Waals surface area contributed by atoms with Crippen LogP contribution in [0.25, 0.3) is 0 Å². The Kier molecular flexibility index (Phi) is 6.10. The maximum absolute atomic E-state index is 12.3. The number of amides is 2. The third-order valence-corrected chi connectivity index (χ3v) is 4.39. The van der Waals surface area contributed by atoms with E-state index in [4.69, 9.17) is 34.8 Å². The molecule has 2 rings (SSSR count). The maximum Gasteiger partial charge on any atom is 0.244 e. The van der Waals surface area contributed by atoms with Crippen LogP contribution in [0.2, 0.25) is 15.1 Å². The Labute approximate surface area is 155 Å². The van der Waals surface area contributed by atoms with E-state index in [0.717, 1.165) is 5.56 Å². The second kappa shape index (κ2) is 7.88. The normalized spacial score (nSPS) is 10.4. The molecule has 0 heterocycles. The number of benzene rings is 2. The molecule has 0 aromatic heterocycles. The number of nitrogens with one attached hydrogen (secondary N) is 1. The molecule has 0 saturated carbocycles. The Bertz CT molecular complexity index is 793. The van der Waals surface area contributed by atoms with Crippen LogP contribution in [0, 0.1) is 6.92 Å². The van der Waals surface area contributed by atoms with Crippen LogP contribution in [0.15, 0.2) is 36.4 Å². The highest BCUT2D eigenvalue weighted by molar-refractivity contribution is 6.36. The van der Waals surface area contributed by atoms with Gasteiger partial charge in [-0.25, -0.2) is 0 Å². The zero-order chi connectivity index (χ0) is 17.9. The van der Waals surface area contributed by atoms with Crippen molar-refractivity contribution < 1.29 is 9.59 Å². The van der Waals surface area contributed by atoms with E-state index >= 15 is 0 Å². The molecule has 0 fully saturated rings. The van der Waals surface area contributed by atoms with Crippen molar-refractivity contribution in [3.8, 4) is 0 Å². The first kappa shape index (κ1) is 18.6. The minimum atomic E-state index is -0.369. The van der Waals surface area contributed by atoms with Crippen LogP contribution in [0.3, 0.4) is 0 Å². The van der Waals surface area contributed by atoms with Crippen molar-refractivity contribution in [3.05, 3.63) is 57.0 Å². The van der Waals surface area contributed by atoms with Gasteiger partial charge in [0.05, 0.1) is 10.7 Å². The molecule has 0 atom stereocenters. The minimum Gasteiger partial charge on any atom is -0.324 e. The van der Waals surface area contributed by atoms with Gasteiger partial charge in [-0.15, -0.1) is 0 Å². The summed E-state index contributed by atoms with van der Waals surface area (Å²) < 4.78 is 0. The molecule has 2 aromatic carbocycles. The van der Waals surface area contributed by atoms with Gasteiger partial charge in [0.25, 0.3) is 0 Å². The fraction of sp³-hybridized carbons (Fsp3) is 0.176. The van der Waals surface area contributed by atoms with Gasteiger partial charge >= 0.3 is 0 Å². The topological polar surface area (TPSA) is 49.4 Å².